The molecule has 1 aromatic rings. The molecule has 1 saturated carbocycles. The molecule has 15 heavy (non-hydrogen) atoms. The number of hydrogen-bond acceptors (Lipinski definition) is 1. The van der Waals surface area contributed by atoms with Gasteiger partial charge in [0.25, 0.3) is 5.69 Å². The van der Waals surface area contributed by atoms with E-state index in [1.807, 2.05) is 22.9 Å². The summed E-state index contributed by atoms with van der Waals surface area (Å²) in [5, 5.41) is 0. The molecule has 1 heterocycles. The van der Waals surface area contributed by atoms with E-state index in [1.54, 1.807) is 6.07 Å². The fraction of sp³-hybridized carbons (Fsp3) is 0.500. The summed E-state index contributed by atoms with van der Waals surface area (Å²) in [5.41, 5.74) is 5.99. The molecule has 1 fully saturated rings. The maximum atomic E-state index is 11.3. The summed E-state index contributed by atoms with van der Waals surface area (Å²) in [5.74, 6) is -0.332. The molecule has 0 radical (unpaired) electrons. The van der Waals surface area contributed by atoms with Crippen LogP contribution >= 0.6 is 0 Å². The van der Waals surface area contributed by atoms with E-state index in [2.05, 4.69) is 0 Å². The lowest BCUT2D eigenvalue weighted by atomic mass is 9.95. The number of nitrogens with two attached hydrogens (primary N) is 1. The molecule has 0 aromatic carbocycles. The Labute approximate surface area is 89.9 Å². The Bertz CT molecular complexity index is 356. The number of carbonyl (C=O) groups is 1. The van der Waals surface area contributed by atoms with Gasteiger partial charge in [0, 0.05) is 25.0 Å². The number of primary amides is 1. The fourth-order valence-corrected chi connectivity index (χ4v) is 2.34. The van der Waals surface area contributed by atoms with Crippen LogP contribution in [0.5, 0.6) is 0 Å². The molecule has 1 aromatic heterocycles. The van der Waals surface area contributed by atoms with E-state index in [0.717, 1.165) is 12.8 Å². The summed E-state index contributed by atoms with van der Waals surface area (Å²) < 4.78 is 2.04. The highest BCUT2D eigenvalue weighted by Crippen LogP contribution is 2.23. The van der Waals surface area contributed by atoms with Crippen molar-refractivity contribution in [3.63, 3.8) is 0 Å². The minimum Gasteiger partial charge on any atom is -0.360 e. The predicted octanol–water partition coefficient (Wildman–Crippen LogP) is 1.58. The second-order valence-electron chi connectivity index (χ2n) is 4.15. The van der Waals surface area contributed by atoms with E-state index in [9.17, 15) is 4.79 Å². The molecule has 1 aliphatic carbocycles. The van der Waals surface area contributed by atoms with Crippen molar-refractivity contribution in [2.24, 2.45) is 5.73 Å². The number of aromatic nitrogens is 1. The first-order chi connectivity index (χ1) is 7.29. The normalized spacial score (nSPS) is 17.6. The van der Waals surface area contributed by atoms with Crippen molar-refractivity contribution >= 4 is 5.91 Å². The minimum absolute atomic E-state index is 0.332. The monoisotopic (exact) mass is 205 g/mol. The Morgan fingerprint density at radius 3 is 2.67 bits per heavy atom. The van der Waals surface area contributed by atoms with Crippen molar-refractivity contribution in [1.82, 2.24) is 0 Å². The first-order valence-corrected chi connectivity index (χ1v) is 5.59. The summed E-state index contributed by atoms with van der Waals surface area (Å²) in [4.78, 5) is 11.3. The molecule has 80 valence electrons. The molecule has 0 saturated heterocycles. The number of pyridine rings is 1. The number of amides is 1. The van der Waals surface area contributed by atoms with Gasteiger partial charge >= 0.3 is 5.91 Å². The van der Waals surface area contributed by atoms with Crippen LogP contribution in [-0.4, -0.2) is 5.91 Å². The summed E-state index contributed by atoms with van der Waals surface area (Å²) in [6.45, 7) is 0. The van der Waals surface area contributed by atoms with Crippen LogP contribution in [0.4, 0.5) is 0 Å². The Hall–Kier alpha value is -1.38. The quantitative estimate of drug-likeness (QED) is 0.732. The highest BCUT2D eigenvalue weighted by Gasteiger charge is 2.26. The topological polar surface area (TPSA) is 47.0 Å². The van der Waals surface area contributed by atoms with Crippen LogP contribution in [-0.2, 0) is 0 Å². The maximum absolute atomic E-state index is 11.3. The zero-order valence-corrected chi connectivity index (χ0v) is 8.86. The van der Waals surface area contributed by atoms with E-state index in [0.29, 0.717) is 11.7 Å². The van der Waals surface area contributed by atoms with Gasteiger partial charge in [-0.3, -0.25) is 4.79 Å². The number of hydrogen-bond donors (Lipinski definition) is 1. The molecule has 0 spiro atoms. The highest BCUT2D eigenvalue weighted by molar-refractivity contribution is 5.89. The zero-order valence-electron chi connectivity index (χ0n) is 8.86. The molecule has 1 amide bonds. The molecular weight excluding hydrogens is 188 g/mol. The van der Waals surface area contributed by atoms with Crippen molar-refractivity contribution in [1.29, 1.82) is 0 Å². The van der Waals surface area contributed by atoms with Crippen LogP contribution in [0.15, 0.2) is 24.4 Å². The van der Waals surface area contributed by atoms with Crippen molar-refractivity contribution in [2.75, 3.05) is 0 Å². The van der Waals surface area contributed by atoms with Gasteiger partial charge in [-0.1, -0.05) is 6.42 Å². The largest absolute Gasteiger partial charge is 0.360 e. The van der Waals surface area contributed by atoms with Crippen molar-refractivity contribution < 1.29 is 9.36 Å². The average molecular weight is 205 g/mol. The molecule has 2 N–H and O–H groups in total. The van der Waals surface area contributed by atoms with Crippen LogP contribution in [0, 0.1) is 0 Å². The number of nitrogens with zero attached hydrogens (tertiary/aromatic N) is 1. The predicted molar refractivity (Wildman–Crippen MR) is 57.3 cm³/mol. The summed E-state index contributed by atoms with van der Waals surface area (Å²) in [6.07, 6.45) is 8.12. The molecule has 0 aliphatic heterocycles. The second kappa shape index (κ2) is 4.43. The molecule has 0 unspecified atom stereocenters. The molecule has 3 heteroatoms. The van der Waals surface area contributed by atoms with E-state index >= 15 is 0 Å². The Morgan fingerprint density at radius 1 is 1.27 bits per heavy atom. The highest BCUT2D eigenvalue weighted by atomic mass is 16.1. The van der Waals surface area contributed by atoms with E-state index < -0.39 is 0 Å². The lowest BCUT2D eigenvalue weighted by Crippen LogP contribution is -2.46. The summed E-state index contributed by atoms with van der Waals surface area (Å²) in [7, 11) is 0. The Balaban J connectivity index is 2.29. The van der Waals surface area contributed by atoms with E-state index in [4.69, 9.17) is 5.73 Å². The first-order valence-electron chi connectivity index (χ1n) is 5.59. The van der Waals surface area contributed by atoms with Gasteiger partial charge in [-0.15, -0.1) is 0 Å². The maximum Gasteiger partial charge on any atom is 0.313 e. The molecular formula is C12H17N2O+. The standard InChI is InChI=1S/C12H16N2O/c13-12(15)11-8-4-5-9-14(11)10-6-2-1-3-7-10/h4-5,8-10H,1-3,6-7H2,(H-,13,15)/p+1. The van der Waals surface area contributed by atoms with Gasteiger partial charge < -0.3 is 5.73 Å². The van der Waals surface area contributed by atoms with Gasteiger partial charge in [-0.25, -0.2) is 0 Å². The lowest BCUT2D eigenvalue weighted by molar-refractivity contribution is -0.727. The number of rotatable bonds is 2. The average Bonchev–Trinajstić information content (AvgIpc) is 2.30. The van der Waals surface area contributed by atoms with Gasteiger partial charge in [0.1, 0.15) is 0 Å². The first kappa shape index (κ1) is 10.1. The van der Waals surface area contributed by atoms with Gasteiger partial charge in [0.15, 0.2) is 12.2 Å². The lowest BCUT2D eigenvalue weighted by Gasteiger charge is -2.18. The zero-order chi connectivity index (χ0) is 10.7. The van der Waals surface area contributed by atoms with Gasteiger partial charge in [-0.2, -0.15) is 4.57 Å². The van der Waals surface area contributed by atoms with Crippen molar-refractivity contribution in [3.05, 3.63) is 30.1 Å². The van der Waals surface area contributed by atoms with E-state index in [1.165, 1.54) is 19.3 Å². The molecule has 2 rings (SSSR count). The molecule has 3 nitrogen and oxygen atoms in total. The Morgan fingerprint density at radius 2 is 2.00 bits per heavy atom. The number of carbonyl (C=O) groups excluding carboxylic acids is 1. The van der Waals surface area contributed by atoms with Crippen molar-refractivity contribution in [3.8, 4) is 0 Å². The fourth-order valence-electron chi connectivity index (χ4n) is 2.34. The third-order valence-corrected chi connectivity index (χ3v) is 3.11. The van der Waals surface area contributed by atoms with Gasteiger partial charge in [0.05, 0.1) is 0 Å². The van der Waals surface area contributed by atoms with Crippen LogP contribution in [0.3, 0.4) is 0 Å². The smallest absolute Gasteiger partial charge is 0.313 e. The van der Waals surface area contributed by atoms with E-state index in [-0.39, 0.29) is 5.91 Å². The van der Waals surface area contributed by atoms with Crippen LogP contribution in [0.25, 0.3) is 0 Å². The molecule has 0 atom stereocenters. The van der Waals surface area contributed by atoms with Crippen LogP contribution in [0.2, 0.25) is 0 Å². The molecule has 1 aliphatic rings. The second-order valence-corrected chi connectivity index (χ2v) is 4.15. The van der Waals surface area contributed by atoms with Gasteiger partial charge in [0.2, 0.25) is 0 Å². The summed E-state index contributed by atoms with van der Waals surface area (Å²) >= 11 is 0. The molecule has 0 bridgehead atoms. The van der Waals surface area contributed by atoms with Gasteiger partial charge in [-0.05, 0) is 18.9 Å². The summed E-state index contributed by atoms with van der Waals surface area (Å²) in [6, 6.07) is 6.08. The third kappa shape index (κ3) is 2.17. The Kier molecular flexibility index (Phi) is 2.99. The van der Waals surface area contributed by atoms with Crippen LogP contribution in [0.1, 0.15) is 48.6 Å². The van der Waals surface area contributed by atoms with Crippen LogP contribution < -0.4 is 10.3 Å². The minimum atomic E-state index is -0.332. The van der Waals surface area contributed by atoms with Crippen molar-refractivity contribution in [2.45, 2.75) is 38.1 Å². The SMILES string of the molecule is NC(=O)c1cccc[n+]1C1CCCCC1. The third-order valence-electron chi connectivity index (χ3n) is 3.11.